The Bertz CT molecular complexity index is 1340. The minimum absolute atomic E-state index is 0.166. The summed E-state index contributed by atoms with van der Waals surface area (Å²) >= 11 is 8.27. The summed E-state index contributed by atoms with van der Waals surface area (Å²) in [6.07, 6.45) is 1.76. The molecule has 6 nitrogen and oxygen atoms in total. The lowest BCUT2D eigenvalue weighted by Gasteiger charge is -2.11. The zero-order valence-electron chi connectivity index (χ0n) is 18.2. The van der Waals surface area contributed by atoms with Gasteiger partial charge in [0.25, 0.3) is 5.91 Å². The standard InChI is InChI=1S/C25H17Br2FN2O4S/c1-30-23(31)21(35-25(30)29-18-8-4-16(5-9-18)24(32)33)12-15-10-19(26)22(20(27)11-15)34-13-14-2-6-17(28)7-3-14/h2-12H,13H2,1H3,(H,32,33)/b21-12-,29-25?. The first kappa shape index (κ1) is 25.2. The second-order valence-electron chi connectivity index (χ2n) is 7.45. The van der Waals surface area contributed by atoms with Gasteiger partial charge in [-0.2, -0.15) is 0 Å². The molecule has 0 aromatic heterocycles. The number of carboxylic acid groups (broad SMARTS) is 1. The number of hydrogen-bond donors (Lipinski definition) is 1. The third kappa shape index (κ3) is 6.01. The number of ether oxygens (including phenoxy) is 1. The van der Waals surface area contributed by atoms with Gasteiger partial charge in [0.05, 0.1) is 25.1 Å². The van der Waals surface area contributed by atoms with Gasteiger partial charge in [0.15, 0.2) is 5.17 Å². The predicted octanol–water partition coefficient (Wildman–Crippen LogP) is 6.86. The summed E-state index contributed by atoms with van der Waals surface area (Å²) in [7, 11) is 1.64. The fraction of sp³-hybridized carbons (Fsp3) is 0.0800. The number of nitrogens with zero attached hydrogens (tertiary/aromatic N) is 2. The van der Waals surface area contributed by atoms with Crippen LogP contribution in [0.25, 0.3) is 6.08 Å². The quantitative estimate of drug-likeness (QED) is 0.305. The van der Waals surface area contributed by atoms with Crippen LogP contribution in [-0.2, 0) is 11.4 Å². The zero-order chi connectivity index (χ0) is 25.1. The minimum Gasteiger partial charge on any atom is -0.487 e. The molecule has 1 aliphatic heterocycles. The molecule has 1 N–H and O–H groups in total. The normalized spacial score (nSPS) is 15.8. The van der Waals surface area contributed by atoms with E-state index in [-0.39, 0.29) is 23.9 Å². The fourth-order valence-electron chi connectivity index (χ4n) is 3.13. The predicted molar refractivity (Wildman–Crippen MR) is 141 cm³/mol. The van der Waals surface area contributed by atoms with Crippen LogP contribution in [0.5, 0.6) is 5.75 Å². The molecule has 1 amide bonds. The third-order valence-electron chi connectivity index (χ3n) is 4.96. The van der Waals surface area contributed by atoms with E-state index in [0.717, 1.165) is 11.1 Å². The highest BCUT2D eigenvalue weighted by Gasteiger charge is 2.30. The summed E-state index contributed by atoms with van der Waals surface area (Å²) in [6.45, 7) is 0.268. The van der Waals surface area contributed by atoms with Crippen molar-refractivity contribution < 1.29 is 23.8 Å². The Hall–Kier alpha value is -2.95. The second-order valence-corrected chi connectivity index (χ2v) is 10.2. The van der Waals surface area contributed by atoms with Gasteiger partial charge in [-0.1, -0.05) is 12.1 Å². The molecular formula is C25H17Br2FN2O4S. The first-order valence-electron chi connectivity index (χ1n) is 10.2. The second kappa shape index (κ2) is 10.8. The molecule has 0 unspecified atom stereocenters. The first-order valence-corrected chi connectivity index (χ1v) is 12.6. The van der Waals surface area contributed by atoms with Gasteiger partial charge < -0.3 is 9.84 Å². The maximum Gasteiger partial charge on any atom is 0.335 e. The third-order valence-corrected chi connectivity index (χ3v) is 7.20. The van der Waals surface area contributed by atoms with Crippen molar-refractivity contribution in [1.29, 1.82) is 0 Å². The van der Waals surface area contributed by atoms with Crippen LogP contribution < -0.4 is 4.74 Å². The van der Waals surface area contributed by atoms with Gasteiger partial charge in [0.2, 0.25) is 0 Å². The Morgan fingerprint density at radius 1 is 1.11 bits per heavy atom. The van der Waals surface area contributed by atoms with Crippen LogP contribution in [0.1, 0.15) is 21.5 Å². The molecule has 0 saturated carbocycles. The molecule has 0 atom stereocenters. The van der Waals surface area contributed by atoms with Gasteiger partial charge in [-0.05, 0) is 109 Å². The fourth-order valence-corrected chi connectivity index (χ4v) is 5.57. The van der Waals surface area contributed by atoms with E-state index in [9.17, 15) is 14.0 Å². The summed E-state index contributed by atoms with van der Waals surface area (Å²) in [5, 5.41) is 9.52. The molecule has 3 aromatic carbocycles. The summed E-state index contributed by atoms with van der Waals surface area (Å²) in [5.74, 6) is -0.922. The van der Waals surface area contributed by atoms with Crippen molar-refractivity contribution >= 4 is 72.4 Å². The molecule has 10 heteroatoms. The van der Waals surface area contributed by atoms with Crippen molar-refractivity contribution in [2.24, 2.45) is 4.99 Å². The number of benzene rings is 3. The van der Waals surface area contributed by atoms with E-state index >= 15 is 0 Å². The Labute approximate surface area is 221 Å². The number of aromatic carboxylic acids is 1. The molecule has 0 aliphatic carbocycles. The van der Waals surface area contributed by atoms with E-state index in [4.69, 9.17) is 9.84 Å². The van der Waals surface area contributed by atoms with Crippen molar-refractivity contribution in [2.75, 3.05) is 7.05 Å². The molecule has 35 heavy (non-hydrogen) atoms. The van der Waals surface area contributed by atoms with Gasteiger partial charge in [0, 0.05) is 7.05 Å². The molecule has 178 valence electrons. The number of halogens is 3. The summed E-state index contributed by atoms with van der Waals surface area (Å²) in [6, 6.07) is 15.9. The van der Waals surface area contributed by atoms with Crippen LogP contribution in [0.2, 0.25) is 0 Å². The first-order chi connectivity index (χ1) is 16.7. The lowest BCUT2D eigenvalue weighted by atomic mass is 10.2. The largest absolute Gasteiger partial charge is 0.487 e. The Morgan fingerprint density at radius 3 is 2.34 bits per heavy atom. The summed E-state index contributed by atoms with van der Waals surface area (Å²) in [4.78, 5) is 30.2. The Morgan fingerprint density at radius 2 is 1.74 bits per heavy atom. The maximum absolute atomic E-state index is 13.1. The highest BCUT2D eigenvalue weighted by molar-refractivity contribution is 9.11. The zero-order valence-corrected chi connectivity index (χ0v) is 22.2. The highest BCUT2D eigenvalue weighted by Crippen LogP contribution is 2.38. The van der Waals surface area contributed by atoms with Crippen molar-refractivity contribution in [3.8, 4) is 5.75 Å². The van der Waals surface area contributed by atoms with Gasteiger partial charge in [-0.15, -0.1) is 0 Å². The van der Waals surface area contributed by atoms with Gasteiger partial charge in [0.1, 0.15) is 18.2 Å². The van der Waals surface area contributed by atoms with E-state index in [1.165, 1.54) is 40.9 Å². The van der Waals surface area contributed by atoms with Crippen LogP contribution in [0.3, 0.4) is 0 Å². The highest BCUT2D eigenvalue weighted by atomic mass is 79.9. The van der Waals surface area contributed by atoms with Crippen LogP contribution >= 0.6 is 43.6 Å². The average Bonchev–Trinajstić information content (AvgIpc) is 3.07. The van der Waals surface area contributed by atoms with E-state index in [1.807, 2.05) is 12.1 Å². The lowest BCUT2D eigenvalue weighted by Crippen LogP contribution is -2.23. The van der Waals surface area contributed by atoms with Gasteiger partial charge in [-0.3, -0.25) is 9.69 Å². The maximum atomic E-state index is 13.1. The number of carbonyl (C=O) groups is 2. The van der Waals surface area contributed by atoms with Gasteiger partial charge >= 0.3 is 5.97 Å². The number of amidine groups is 1. The van der Waals surface area contributed by atoms with Crippen molar-refractivity contribution in [2.45, 2.75) is 6.61 Å². The smallest absolute Gasteiger partial charge is 0.335 e. The number of rotatable bonds is 6. The number of aliphatic imine (C=N–C) groups is 1. The van der Waals surface area contributed by atoms with Crippen molar-refractivity contribution in [3.05, 3.63) is 97.0 Å². The van der Waals surface area contributed by atoms with E-state index in [0.29, 0.717) is 30.5 Å². The molecule has 0 bridgehead atoms. The summed E-state index contributed by atoms with van der Waals surface area (Å²) < 4.78 is 20.4. The van der Waals surface area contributed by atoms with Crippen molar-refractivity contribution in [3.63, 3.8) is 0 Å². The van der Waals surface area contributed by atoms with Crippen LogP contribution in [0.4, 0.5) is 10.1 Å². The van der Waals surface area contributed by atoms with Gasteiger partial charge in [-0.25, -0.2) is 14.2 Å². The Balaban J connectivity index is 1.52. The topological polar surface area (TPSA) is 79.2 Å². The SMILES string of the molecule is CN1C(=O)/C(=C/c2cc(Br)c(OCc3ccc(F)cc3)c(Br)c2)SC1=Nc1ccc(C(=O)O)cc1. The number of thioether (sulfide) groups is 1. The Kier molecular flexibility index (Phi) is 7.73. The minimum atomic E-state index is -1.01. The van der Waals surface area contributed by atoms with Crippen LogP contribution in [0.15, 0.2) is 79.5 Å². The molecule has 1 aliphatic rings. The number of amides is 1. The summed E-state index contributed by atoms with van der Waals surface area (Å²) in [5.41, 5.74) is 2.32. The number of hydrogen-bond acceptors (Lipinski definition) is 5. The average molecular weight is 620 g/mol. The lowest BCUT2D eigenvalue weighted by molar-refractivity contribution is -0.121. The molecule has 3 aromatic rings. The number of carboxylic acids is 1. The molecule has 0 spiro atoms. The number of likely N-dealkylation sites (N-methyl/N-ethyl adjacent to an activating group) is 1. The number of carbonyl (C=O) groups excluding carboxylic acids is 1. The van der Waals surface area contributed by atoms with E-state index < -0.39 is 5.97 Å². The van der Waals surface area contributed by atoms with Crippen molar-refractivity contribution in [1.82, 2.24) is 4.90 Å². The molecule has 0 radical (unpaired) electrons. The molecule has 1 heterocycles. The monoisotopic (exact) mass is 618 g/mol. The van der Waals surface area contributed by atoms with Crippen LogP contribution in [0, 0.1) is 5.82 Å². The molecule has 1 saturated heterocycles. The van der Waals surface area contributed by atoms with Crippen LogP contribution in [-0.4, -0.2) is 34.1 Å². The van der Waals surface area contributed by atoms with E-state index in [2.05, 4.69) is 36.9 Å². The van der Waals surface area contributed by atoms with E-state index in [1.54, 1.807) is 37.4 Å². The molecule has 4 rings (SSSR count). The molecular weight excluding hydrogens is 603 g/mol. The molecule has 1 fully saturated rings.